The van der Waals surface area contributed by atoms with E-state index in [1.54, 1.807) is 0 Å². The Bertz CT molecular complexity index is 438. The van der Waals surface area contributed by atoms with Crippen molar-refractivity contribution in [2.45, 2.75) is 70.3 Å². The van der Waals surface area contributed by atoms with Crippen molar-refractivity contribution >= 4 is 11.8 Å². The van der Waals surface area contributed by atoms with Crippen LogP contribution in [0.25, 0.3) is 0 Å². The van der Waals surface area contributed by atoms with Gasteiger partial charge in [0, 0.05) is 12.0 Å². The number of carbonyl (C=O) groups excluding carboxylic acids is 2. The Morgan fingerprint density at radius 3 is 2.27 bits per heavy atom. The van der Waals surface area contributed by atoms with Crippen LogP contribution in [0.2, 0.25) is 0 Å². The summed E-state index contributed by atoms with van der Waals surface area (Å²) < 4.78 is 0. The highest BCUT2D eigenvalue weighted by Gasteiger charge is 2.54. The molecule has 4 bridgehead atoms. The van der Waals surface area contributed by atoms with Crippen LogP contribution >= 0.6 is 0 Å². The van der Waals surface area contributed by atoms with E-state index in [0.717, 1.165) is 69.2 Å². The van der Waals surface area contributed by atoms with E-state index in [1.807, 2.05) is 0 Å². The molecule has 4 saturated carbocycles. The summed E-state index contributed by atoms with van der Waals surface area (Å²) in [5, 5.41) is 6.10. The molecule has 122 valence electrons. The number of amides is 2. The summed E-state index contributed by atoms with van der Waals surface area (Å²) in [4.78, 5) is 25.2. The molecule has 5 fully saturated rings. The van der Waals surface area contributed by atoms with Gasteiger partial charge in [0.05, 0.1) is 0 Å². The van der Waals surface area contributed by atoms with Crippen LogP contribution < -0.4 is 10.6 Å². The van der Waals surface area contributed by atoms with Crippen LogP contribution in [-0.2, 0) is 9.59 Å². The Hall–Kier alpha value is -1.06. The van der Waals surface area contributed by atoms with Crippen molar-refractivity contribution < 1.29 is 9.59 Å². The van der Waals surface area contributed by atoms with Crippen molar-refractivity contribution in [2.75, 3.05) is 6.54 Å². The quantitative estimate of drug-likeness (QED) is 0.823. The van der Waals surface area contributed by atoms with Crippen LogP contribution in [0.3, 0.4) is 0 Å². The highest BCUT2D eigenvalue weighted by molar-refractivity contribution is 5.90. The molecule has 0 aromatic carbocycles. The molecule has 2 amide bonds. The molecule has 1 heterocycles. The second kappa shape index (κ2) is 5.54. The summed E-state index contributed by atoms with van der Waals surface area (Å²) in [5.74, 6) is 2.51. The molecule has 22 heavy (non-hydrogen) atoms. The maximum absolute atomic E-state index is 13.0. The van der Waals surface area contributed by atoms with Crippen molar-refractivity contribution in [2.24, 2.45) is 23.2 Å². The van der Waals surface area contributed by atoms with Crippen molar-refractivity contribution in [1.82, 2.24) is 10.6 Å². The molecule has 1 saturated heterocycles. The van der Waals surface area contributed by atoms with Gasteiger partial charge in [-0.05, 0) is 69.1 Å². The largest absolute Gasteiger partial charge is 0.354 e. The lowest BCUT2D eigenvalue weighted by Gasteiger charge is -2.55. The molecule has 4 heteroatoms. The SMILES string of the molecule is O=C1NCCCCC[C@@H]1NC(=O)C12CC3CC(CC(C3)C1)C2. The van der Waals surface area contributed by atoms with Crippen LogP contribution in [0.4, 0.5) is 0 Å². The third-order valence-corrected chi connectivity index (χ3v) is 6.61. The van der Waals surface area contributed by atoms with Gasteiger partial charge in [-0.1, -0.05) is 12.8 Å². The molecule has 4 aliphatic carbocycles. The van der Waals surface area contributed by atoms with E-state index in [-0.39, 0.29) is 23.3 Å². The first kappa shape index (κ1) is 14.5. The van der Waals surface area contributed by atoms with E-state index in [0.29, 0.717) is 0 Å². The summed E-state index contributed by atoms with van der Waals surface area (Å²) in [6.45, 7) is 0.753. The summed E-state index contributed by atoms with van der Waals surface area (Å²) in [5.41, 5.74) is -0.141. The van der Waals surface area contributed by atoms with Gasteiger partial charge in [0.25, 0.3) is 0 Å². The number of hydrogen-bond acceptors (Lipinski definition) is 2. The molecule has 0 aromatic heterocycles. The fourth-order valence-electron chi connectivity index (χ4n) is 5.95. The Balaban J connectivity index is 1.46. The third-order valence-electron chi connectivity index (χ3n) is 6.61. The molecular formula is C18H28N2O2. The maximum Gasteiger partial charge on any atom is 0.242 e. The summed E-state index contributed by atoms with van der Waals surface area (Å²) in [7, 11) is 0. The van der Waals surface area contributed by atoms with Crippen LogP contribution in [0.1, 0.15) is 64.2 Å². The lowest BCUT2D eigenvalue weighted by atomic mass is 9.49. The first-order valence-corrected chi connectivity index (χ1v) is 9.23. The summed E-state index contributed by atoms with van der Waals surface area (Å²) in [6.07, 6.45) is 11.3. The average molecular weight is 304 g/mol. The molecule has 0 radical (unpaired) electrons. The molecule has 4 nitrogen and oxygen atoms in total. The van der Waals surface area contributed by atoms with Gasteiger partial charge in [0.1, 0.15) is 6.04 Å². The first-order valence-electron chi connectivity index (χ1n) is 9.23. The van der Waals surface area contributed by atoms with Crippen molar-refractivity contribution in [1.29, 1.82) is 0 Å². The zero-order valence-corrected chi connectivity index (χ0v) is 13.4. The molecule has 0 aromatic rings. The van der Waals surface area contributed by atoms with E-state index in [9.17, 15) is 9.59 Å². The van der Waals surface area contributed by atoms with Crippen molar-refractivity contribution in [3.8, 4) is 0 Å². The zero-order valence-electron chi connectivity index (χ0n) is 13.4. The number of nitrogens with one attached hydrogen (secondary N) is 2. The van der Waals surface area contributed by atoms with Crippen LogP contribution in [-0.4, -0.2) is 24.4 Å². The highest BCUT2D eigenvalue weighted by Crippen LogP contribution is 2.60. The minimum absolute atomic E-state index is 0.0257. The lowest BCUT2D eigenvalue weighted by Crippen LogP contribution is -2.57. The van der Waals surface area contributed by atoms with E-state index in [2.05, 4.69) is 10.6 Å². The Labute approximate surface area is 132 Å². The third kappa shape index (κ3) is 2.55. The van der Waals surface area contributed by atoms with Gasteiger partial charge in [0.15, 0.2) is 0 Å². The van der Waals surface area contributed by atoms with Crippen LogP contribution in [0, 0.1) is 23.2 Å². The second-order valence-electron chi connectivity index (χ2n) is 8.36. The Morgan fingerprint density at radius 1 is 1.00 bits per heavy atom. The topological polar surface area (TPSA) is 58.2 Å². The number of carbonyl (C=O) groups is 2. The molecule has 5 aliphatic rings. The van der Waals surface area contributed by atoms with Crippen molar-refractivity contribution in [3.63, 3.8) is 0 Å². The standard InChI is InChI=1S/C18H28N2O2/c21-16-15(4-2-1-3-5-19-16)20-17(22)18-9-12-6-13(10-18)8-14(7-12)11-18/h12-15H,1-11H2,(H,19,21)(H,20,22)/t12?,13?,14?,15-,18?/m0/s1. The van der Waals surface area contributed by atoms with Gasteiger partial charge in [0.2, 0.25) is 11.8 Å². The highest BCUT2D eigenvalue weighted by atomic mass is 16.2. The van der Waals surface area contributed by atoms with Gasteiger partial charge in [-0.3, -0.25) is 9.59 Å². The number of rotatable bonds is 2. The lowest BCUT2D eigenvalue weighted by molar-refractivity contribution is -0.148. The minimum atomic E-state index is -0.305. The normalized spacial score (nSPS) is 44.1. The Kier molecular flexibility index (Phi) is 3.66. The van der Waals surface area contributed by atoms with E-state index >= 15 is 0 Å². The molecule has 1 atom stereocenters. The minimum Gasteiger partial charge on any atom is -0.354 e. The van der Waals surface area contributed by atoms with Gasteiger partial charge in [-0.2, -0.15) is 0 Å². The predicted octanol–water partition coefficient (Wildman–Crippen LogP) is 2.38. The van der Waals surface area contributed by atoms with Crippen molar-refractivity contribution in [3.05, 3.63) is 0 Å². The summed E-state index contributed by atoms with van der Waals surface area (Å²) in [6, 6.07) is -0.305. The molecular weight excluding hydrogens is 276 g/mol. The van der Waals surface area contributed by atoms with Gasteiger partial charge in [-0.25, -0.2) is 0 Å². The van der Waals surface area contributed by atoms with E-state index < -0.39 is 0 Å². The predicted molar refractivity (Wildman–Crippen MR) is 84.0 cm³/mol. The maximum atomic E-state index is 13.0. The molecule has 2 N–H and O–H groups in total. The van der Waals surface area contributed by atoms with Gasteiger partial charge in [-0.15, -0.1) is 0 Å². The average Bonchev–Trinajstić information content (AvgIpc) is 2.45. The van der Waals surface area contributed by atoms with Crippen LogP contribution in [0.5, 0.6) is 0 Å². The van der Waals surface area contributed by atoms with E-state index in [4.69, 9.17) is 0 Å². The molecule has 0 unspecified atom stereocenters. The summed E-state index contributed by atoms with van der Waals surface area (Å²) >= 11 is 0. The number of hydrogen-bond donors (Lipinski definition) is 2. The molecule has 5 rings (SSSR count). The molecule has 0 spiro atoms. The Morgan fingerprint density at radius 2 is 1.64 bits per heavy atom. The van der Waals surface area contributed by atoms with Gasteiger partial charge < -0.3 is 10.6 Å². The second-order valence-corrected chi connectivity index (χ2v) is 8.36. The van der Waals surface area contributed by atoms with Gasteiger partial charge >= 0.3 is 0 Å². The van der Waals surface area contributed by atoms with Crippen LogP contribution in [0.15, 0.2) is 0 Å². The fourth-order valence-corrected chi connectivity index (χ4v) is 5.95. The smallest absolute Gasteiger partial charge is 0.242 e. The fraction of sp³-hybridized carbons (Fsp3) is 0.889. The molecule has 1 aliphatic heterocycles. The first-order chi connectivity index (χ1) is 10.6. The zero-order chi connectivity index (χ0) is 15.2. The monoisotopic (exact) mass is 304 g/mol. The van der Waals surface area contributed by atoms with E-state index in [1.165, 1.54) is 19.3 Å².